The van der Waals surface area contributed by atoms with Crippen molar-refractivity contribution in [2.24, 2.45) is 0 Å². The van der Waals surface area contributed by atoms with Crippen molar-refractivity contribution >= 4 is 29.4 Å². The fraction of sp³-hybridized carbons (Fsp3) is 0.565. The Hall–Kier alpha value is -3.22. The number of nitrogens with one attached hydrogen (secondary N) is 3. The third kappa shape index (κ3) is 8.19. The van der Waals surface area contributed by atoms with E-state index in [-0.39, 0.29) is 35.9 Å². The summed E-state index contributed by atoms with van der Waals surface area (Å²) in [4.78, 5) is 38.3. The Bertz CT molecular complexity index is 973. The molecule has 12 nitrogen and oxygen atoms in total. The Balaban J connectivity index is 1.49. The van der Waals surface area contributed by atoms with E-state index in [2.05, 4.69) is 20.8 Å². The Labute approximate surface area is 203 Å². The number of rotatable bonds is 13. The molecule has 0 bridgehead atoms. The van der Waals surface area contributed by atoms with Gasteiger partial charge in [-0.05, 0) is 25.3 Å². The molecule has 1 atom stereocenters. The van der Waals surface area contributed by atoms with Gasteiger partial charge >= 0.3 is 0 Å². The van der Waals surface area contributed by atoms with Crippen LogP contribution in [-0.2, 0) is 23.8 Å². The zero-order valence-corrected chi connectivity index (χ0v) is 20.1. The maximum atomic E-state index is 12.9. The van der Waals surface area contributed by atoms with Crippen molar-refractivity contribution in [3.8, 4) is 0 Å². The lowest BCUT2D eigenvalue weighted by atomic mass is 9.99. The summed E-state index contributed by atoms with van der Waals surface area (Å²) in [5, 5.41) is 12.3. The van der Waals surface area contributed by atoms with Crippen LogP contribution >= 0.6 is 0 Å². The third-order valence-electron chi connectivity index (χ3n) is 5.41. The number of hydrogen-bond acceptors (Lipinski definition) is 8. The molecule has 1 aliphatic rings. The highest BCUT2D eigenvalue weighted by atomic mass is 16.5. The quantitative estimate of drug-likeness (QED) is 0.362. The zero-order valence-electron chi connectivity index (χ0n) is 20.1. The van der Waals surface area contributed by atoms with E-state index in [9.17, 15) is 14.4 Å². The molecule has 0 spiro atoms. The lowest BCUT2D eigenvalue weighted by molar-refractivity contribution is -0.136. The van der Waals surface area contributed by atoms with E-state index in [1.165, 1.54) is 19.1 Å². The monoisotopic (exact) mass is 491 g/mol. The van der Waals surface area contributed by atoms with Crippen molar-refractivity contribution < 1.29 is 33.0 Å². The minimum atomic E-state index is -0.500. The van der Waals surface area contributed by atoms with Gasteiger partial charge in [-0.15, -0.1) is 0 Å². The van der Waals surface area contributed by atoms with Crippen LogP contribution in [0.25, 0.3) is 0 Å². The minimum absolute atomic E-state index is 0.0104. The molecule has 1 saturated heterocycles. The van der Waals surface area contributed by atoms with Gasteiger partial charge < -0.3 is 28.8 Å². The molecule has 192 valence electrons. The molecular formula is C23H33N5O7. The number of aromatic nitrogens is 2. The number of piperidine rings is 1. The van der Waals surface area contributed by atoms with Gasteiger partial charge in [0.2, 0.25) is 11.8 Å². The standard InChI is InChI=1S/C23H33N5O7/c1-16(29)24-21-7-6-19(35-21)23(31)25-20-15-17(26-27-20)18-5-3-4-9-28(18)22(30)8-10-33-13-14-34-12-11-32-2/h6-7,15,18H,3-5,8-14H2,1-2H3,(H,24,29)(H2,25,26,27,31)/t18-/m1/s1. The number of nitrogens with zero attached hydrogens (tertiary/aromatic N) is 2. The van der Waals surface area contributed by atoms with Crippen LogP contribution in [-0.4, -0.2) is 79.5 Å². The summed E-state index contributed by atoms with van der Waals surface area (Å²) in [7, 11) is 1.62. The van der Waals surface area contributed by atoms with Gasteiger partial charge in [-0.3, -0.25) is 24.8 Å². The summed E-state index contributed by atoms with van der Waals surface area (Å²) < 4.78 is 21.1. The average Bonchev–Trinajstić information content (AvgIpc) is 3.50. The van der Waals surface area contributed by atoms with Gasteiger partial charge in [0.15, 0.2) is 17.5 Å². The van der Waals surface area contributed by atoms with Crippen LogP contribution in [0.4, 0.5) is 11.7 Å². The van der Waals surface area contributed by atoms with E-state index < -0.39 is 5.91 Å². The molecule has 0 radical (unpaired) electrons. The second-order valence-electron chi connectivity index (χ2n) is 8.07. The number of anilines is 2. The summed E-state index contributed by atoms with van der Waals surface area (Å²) in [5.41, 5.74) is 0.749. The molecule has 0 aliphatic carbocycles. The van der Waals surface area contributed by atoms with Crippen LogP contribution in [0.15, 0.2) is 22.6 Å². The first-order valence-electron chi connectivity index (χ1n) is 11.7. The second-order valence-corrected chi connectivity index (χ2v) is 8.07. The van der Waals surface area contributed by atoms with Crippen molar-refractivity contribution in [3.63, 3.8) is 0 Å². The summed E-state index contributed by atoms with van der Waals surface area (Å²) in [6.45, 7) is 4.26. The van der Waals surface area contributed by atoms with E-state index in [1.807, 2.05) is 4.90 Å². The van der Waals surface area contributed by atoms with E-state index in [0.717, 1.165) is 25.0 Å². The zero-order chi connectivity index (χ0) is 25.0. The third-order valence-corrected chi connectivity index (χ3v) is 5.41. The van der Waals surface area contributed by atoms with Crippen molar-refractivity contribution in [1.82, 2.24) is 15.1 Å². The number of carbonyl (C=O) groups excluding carboxylic acids is 3. The van der Waals surface area contributed by atoms with Crippen LogP contribution in [0.2, 0.25) is 0 Å². The van der Waals surface area contributed by atoms with Crippen LogP contribution in [0, 0.1) is 0 Å². The SMILES string of the molecule is COCCOCCOCCC(=O)N1CCCC[C@@H]1c1cc(NC(=O)c2ccc(NC(C)=O)o2)n[nH]1. The first kappa shape index (κ1) is 26.4. The lowest BCUT2D eigenvalue weighted by Crippen LogP contribution is -2.39. The first-order valence-corrected chi connectivity index (χ1v) is 11.7. The number of carbonyl (C=O) groups is 3. The normalized spacial score (nSPS) is 15.7. The van der Waals surface area contributed by atoms with Crippen molar-refractivity contribution in [1.29, 1.82) is 0 Å². The molecule has 0 aromatic carbocycles. The molecule has 0 saturated carbocycles. The van der Waals surface area contributed by atoms with Gasteiger partial charge in [0, 0.05) is 32.7 Å². The molecule has 3 rings (SSSR count). The summed E-state index contributed by atoms with van der Waals surface area (Å²) in [6.07, 6.45) is 3.00. The van der Waals surface area contributed by atoms with E-state index in [4.69, 9.17) is 18.6 Å². The first-order chi connectivity index (χ1) is 17.0. The predicted octanol–water partition coefficient (Wildman–Crippen LogP) is 2.34. The molecule has 12 heteroatoms. The van der Waals surface area contributed by atoms with Gasteiger partial charge in [-0.2, -0.15) is 5.10 Å². The predicted molar refractivity (Wildman–Crippen MR) is 126 cm³/mol. The fourth-order valence-corrected chi connectivity index (χ4v) is 3.77. The Morgan fingerprint density at radius 2 is 1.89 bits per heavy atom. The number of methoxy groups -OCH3 is 1. The highest BCUT2D eigenvalue weighted by molar-refractivity contribution is 6.02. The maximum absolute atomic E-state index is 12.9. The number of H-pyrrole nitrogens is 1. The molecule has 1 fully saturated rings. The Kier molecular flexibility index (Phi) is 10.3. The minimum Gasteiger partial charge on any atom is -0.435 e. The van der Waals surface area contributed by atoms with Crippen LogP contribution in [0.1, 0.15) is 54.9 Å². The average molecular weight is 492 g/mol. The summed E-state index contributed by atoms with van der Waals surface area (Å²) in [5.74, 6) is -0.248. The Morgan fingerprint density at radius 3 is 2.66 bits per heavy atom. The molecule has 3 N–H and O–H groups in total. The number of ether oxygens (including phenoxy) is 3. The molecule has 0 unspecified atom stereocenters. The number of furan rings is 1. The van der Waals surface area contributed by atoms with Gasteiger partial charge in [0.1, 0.15) is 0 Å². The van der Waals surface area contributed by atoms with Crippen LogP contribution in [0.3, 0.4) is 0 Å². The molecule has 1 aliphatic heterocycles. The molecular weight excluding hydrogens is 458 g/mol. The van der Waals surface area contributed by atoms with Gasteiger partial charge in [0.05, 0.1) is 51.2 Å². The highest BCUT2D eigenvalue weighted by Crippen LogP contribution is 2.31. The number of amides is 3. The summed E-state index contributed by atoms with van der Waals surface area (Å²) in [6, 6.07) is 4.53. The fourth-order valence-electron chi connectivity index (χ4n) is 3.77. The van der Waals surface area contributed by atoms with Crippen molar-refractivity contribution in [3.05, 3.63) is 29.7 Å². The van der Waals surface area contributed by atoms with E-state index in [1.54, 1.807) is 13.2 Å². The van der Waals surface area contributed by atoms with Crippen LogP contribution < -0.4 is 10.6 Å². The molecule has 2 aromatic heterocycles. The van der Waals surface area contributed by atoms with Gasteiger partial charge in [-0.1, -0.05) is 0 Å². The van der Waals surface area contributed by atoms with Gasteiger partial charge in [0.25, 0.3) is 5.91 Å². The maximum Gasteiger partial charge on any atom is 0.292 e. The largest absolute Gasteiger partial charge is 0.435 e. The van der Waals surface area contributed by atoms with Gasteiger partial charge in [-0.25, -0.2) is 0 Å². The number of likely N-dealkylation sites (tertiary alicyclic amines) is 1. The van der Waals surface area contributed by atoms with Crippen molar-refractivity contribution in [2.45, 2.75) is 38.6 Å². The molecule has 3 amide bonds. The number of aromatic amines is 1. The van der Waals surface area contributed by atoms with E-state index in [0.29, 0.717) is 45.4 Å². The molecule has 35 heavy (non-hydrogen) atoms. The Morgan fingerprint density at radius 1 is 1.11 bits per heavy atom. The highest BCUT2D eigenvalue weighted by Gasteiger charge is 2.29. The molecule has 2 aromatic rings. The number of hydrogen-bond donors (Lipinski definition) is 3. The van der Waals surface area contributed by atoms with E-state index >= 15 is 0 Å². The second kappa shape index (κ2) is 13.6. The summed E-state index contributed by atoms with van der Waals surface area (Å²) >= 11 is 0. The van der Waals surface area contributed by atoms with Crippen molar-refractivity contribution in [2.75, 3.05) is 57.3 Å². The van der Waals surface area contributed by atoms with Crippen LogP contribution in [0.5, 0.6) is 0 Å². The lowest BCUT2D eigenvalue weighted by Gasteiger charge is -2.35. The smallest absolute Gasteiger partial charge is 0.292 e. The topological polar surface area (TPSA) is 148 Å². The molecule has 3 heterocycles.